The van der Waals surface area contributed by atoms with Gasteiger partial charge in [-0.2, -0.15) is 0 Å². The molecule has 1 aliphatic rings. The molecule has 4 rings (SSSR count). The highest BCUT2D eigenvalue weighted by Crippen LogP contribution is 2.25. The van der Waals surface area contributed by atoms with Gasteiger partial charge in [-0.05, 0) is 63.0 Å². The first-order valence-corrected chi connectivity index (χ1v) is 10.0. The van der Waals surface area contributed by atoms with Gasteiger partial charge in [0.05, 0.1) is 0 Å². The van der Waals surface area contributed by atoms with Crippen LogP contribution in [-0.4, -0.2) is 49.0 Å². The number of carbonyl (C=O) groups is 1. The second kappa shape index (κ2) is 8.63. The van der Waals surface area contributed by atoms with Gasteiger partial charge >= 0.3 is 0 Å². The van der Waals surface area contributed by atoms with E-state index in [9.17, 15) is 9.18 Å². The van der Waals surface area contributed by atoms with E-state index < -0.39 is 5.82 Å². The Morgan fingerprint density at radius 1 is 1.17 bits per heavy atom. The van der Waals surface area contributed by atoms with Gasteiger partial charge in [0.15, 0.2) is 0 Å². The number of nitrogens with zero attached hydrogens (tertiary/aromatic N) is 3. The Balaban J connectivity index is 1.42. The van der Waals surface area contributed by atoms with Crippen molar-refractivity contribution in [3.8, 4) is 11.1 Å². The predicted octanol–water partition coefficient (Wildman–Crippen LogP) is 4.28. The second-order valence-corrected chi connectivity index (χ2v) is 7.79. The fourth-order valence-electron chi connectivity index (χ4n) is 3.77. The summed E-state index contributed by atoms with van der Waals surface area (Å²) in [4.78, 5) is 21.2. The van der Waals surface area contributed by atoms with Gasteiger partial charge < -0.3 is 15.1 Å². The van der Waals surface area contributed by atoms with E-state index in [-0.39, 0.29) is 11.5 Å². The van der Waals surface area contributed by atoms with E-state index in [0.29, 0.717) is 22.9 Å². The first-order valence-electron chi connectivity index (χ1n) is 10.0. The van der Waals surface area contributed by atoms with E-state index in [1.54, 1.807) is 36.7 Å². The molecule has 1 unspecified atom stereocenters. The van der Waals surface area contributed by atoms with E-state index in [0.717, 1.165) is 25.2 Å². The summed E-state index contributed by atoms with van der Waals surface area (Å²) in [6.07, 6.45) is 4.38. The van der Waals surface area contributed by atoms with Crippen LogP contribution < -0.4 is 10.2 Å². The van der Waals surface area contributed by atoms with Crippen LogP contribution in [0.5, 0.6) is 0 Å². The SMILES string of the molecule is CN(C)C1CCN(c2ccc(NC(=O)c3ccc(-c4cccnc4)c(F)c3)cc2)C1. The van der Waals surface area contributed by atoms with Crippen LogP contribution in [0.4, 0.5) is 15.8 Å². The molecule has 0 aliphatic carbocycles. The van der Waals surface area contributed by atoms with Crippen LogP contribution in [0.25, 0.3) is 11.1 Å². The number of rotatable bonds is 5. The highest BCUT2D eigenvalue weighted by molar-refractivity contribution is 6.04. The van der Waals surface area contributed by atoms with E-state index in [4.69, 9.17) is 0 Å². The summed E-state index contributed by atoms with van der Waals surface area (Å²) in [7, 11) is 4.22. The molecule has 2 aromatic carbocycles. The number of benzene rings is 2. The highest BCUT2D eigenvalue weighted by atomic mass is 19.1. The molecule has 1 fully saturated rings. The van der Waals surface area contributed by atoms with Gasteiger partial charge in [0.2, 0.25) is 0 Å². The topological polar surface area (TPSA) is 48.5 Å². The number of halogens is 1. The van der Waals surface area contributed by atoms with E-state index in [2.05, 4.69) is 34.2 Å². The Bertz CT molecular complexity index is 1020. The number of nitrogens with one attached hydrogen (secondary N) is 1. The fraction of sp³-hybridized carbons (Fsp3) is 0.250. The zero-order chi connectivity index (χ0) is 21.1. The maximum atomic E-state index is 14.5. The van der Waals surface area contributed by atoms with Crippen LogP contribution in [0.3, 0.4) is 0 Å². The lowest BCUT2D eigenvalue weighted by Crippen LogP contribution is -2.31. The van der Waals surface area contributed by atoms with Gasteiger partial charge in [0.25, 0.3) is 5.91 Å². The molecule has 0 bridgehead atoms. The summed E-state index contributed by atoms with van der Waals surface area (Å²) < 4.78 is 14.5. The van der Waals surface area contributed by atoms with Crippen molar-refractivity contribution in [1.29, 1.82) is 0 Å². The summed E-state index contributed by atoms with van der Waals surface area (Å²) >= 11 is 0. The quantitative estimate of drug-likeness (QED) is 0.690. The summed E-state index contributed by atoms with van der Waals surface area (Å²) in [6, 6.07) is 16.4. The third kappa shape index (κ3) is 4.33. The molecule has 3 aromatic rings. The maximum Gasteiger partial charge on any atom is 0.255 e. The third-order valence-corrected chi connectivity index (χ3v) is 5.59. The molecular formula is C24H25FN4O. The summed E-state index contributed by atoms with van der Waals surface area (Å²) in [6.45, 7) is 2.03. The van der Waals surface area contributed by atoms with Crippen LogP contribution in [0.15, 0.2) is 67.0 Å². The number of aromatic nitrogens is 1. The molecule has 5 nitrogen and oxygen atoms in total. The molecule has 1 aromatic heterocycles. The number of pyridine rings is 1. The fourth-order valence-corrected chi connectivity index (χ4v) is 3.77. The average Bonchev–Trinajstić information content (AvgIpc) is 3.25. The molecule has 1 saturated heterocycles. The van der Waals surface area contributed by atoms with Crippen molar-refractivity contribution in [2.24, 2.45) is 0 Å². The minimum atomic E-state index is -0.449. The number of hydrogen-bond donors (Lipinski definition) is 1. The number of amides is 1. The molecule has 1 atom stereocenters. The maximum absolute atomic E-state index is 14.5. The molecule has 1 N–H and O–H groups in total. The Morgan fingerprint density at radius 3 is 2.60 bits per heavy atom. The molecule has 1 aliphatic heterocycles. The van der Waals surface area contributed by atoms with Crippen molar-refractivity contribution < 1.29 is 9.18 Å². The number of anilines is 2. The predicted molar refractivity (Wildman–Crippen MR) is 118 cm³/mol. The monoisotopic (exact) mass is 404 g/mol. The lowest BCUT2D eigenvalue weighted by molar-refractivity contribution is 0.102. The number of carbonyl (C=O) groups excluding carboxylic acids is 1. The molecule has 0 radical (unpaired) electrons. The van der Waals surface area contributed by atoms with Crippen LogP contribution in [0.2, 0.25) is 0 Å². The Labute approximate surface area is 176 Å². The number of hydrogen-bond acceptors (Lipinski definition) is 4. The zero-order valence-electron chi connectivity index (χ0n) is 17.2. The van der Waals surface area contributed by atoms with Gasteiger partial charge in [-0.25, -0.2) is 4.39 Å². The van der Waals surface area contributed by atoms with Crippen molar-refractivity contribution in [3.05, 3.63) is 78.4 Å². The van der Waals surface area contributed by atoms with Crippen molar-refractivity contribution in [1.82, 2.24) is 9.88 Å². The Kier molecular flexibility index (Phi) is 5.77. The molecule has 0 spiro atoms. The van der Waals surface area contributed by atoms with Gasteiger partial charge in [0.1, 0.15) is 5.82 Å². The zero-order valence-corrected chi connectivity index (χ0v) is 17.2. The number of likely N-dealkylation sites (N-methyl/N-ethyl adjacent to an activating group) is 1. The molecule has 1 amide bonds. The smallest absolute Gasteiger partial charge is 0.255 e. The van der Waals surface area contributed by atoms with E-state index in [1.807, 2.05) is 24.3 Å². The van der Waals surface area contributed by atoms with Gasteiger partial charge in [-0.1, -0.05) is 12.1 Å². The molecule has 30 heavy (non-hydrogen) atoms. The molecule has 0 saturated carbocycles. The van der Waals surface area contributed by atoms with E-state index >= 15 is 0 Å². The summed E-state index contributed by atoms with van der Waals surface area (Å²) in [5, 5.41) is 2.84. The Hall–Kier alpha value is -3.25. The minimum Gasteiger partial charge on any atom is -0.370 e. The summed E-state index contributed by atoms with van der Waals surface area (Å²) in [5.41, 5.74) is 3.20. The van der Waals surface area contributed by atoms with Crippen molar-refractivity contribution in [2.45, 2.75) is 12.5 Å². The van der Waals surface area contributed by atoms with Crippen LogP contribution in [0.1, 0.15) is 16.8 Å². The molecular weight excluding hydrogens is 379 g/mol. The molecule has 6 heteroatoms. The van der Waals surface area contributed by atoms with Crippen LogP contribution >= 0.6 is 0 Å². The molecule has 2 heterocycles. The summed E-state index contributed by atoms with van der Waals surface area (Å²) in [5.74, 6) is -0.788. The van der Waals surface area contributed by atoms with Crippen molar-refractivity contribution >= 4 is 17.3 Å². The largest absolute Gasteiger partial charge is 0.370 e. The normalized spacial score (nSPS) is 16.1. The standard InChI is InChI=1S/C24H25FN4O/c1-28(2)21-11-13-29(16-21)20-8-6-19(7-9-20)27-24(30)17-5-10-22(23(25)14-17)18-4-3-12-26-15-18/h3-10,12,14-15,21H,11,13,16H2,1-2H3,(H,27,30). The Morgan fingerprint density at radius 2 is 1.97 bits per heavy atom. The van der Waals surface area contributed by atoms with Crippen molar-refractivity contribution in [3.63, 3.8) is 0 Å². The lowest BCUT2D eigenvalue weighted by atomic mass is 10.0. The first kappa shape index (κ1) is 20.0. The highest BCUT2D eigenvalue weighted by Gasteiger charge is 2.24. The van der Waals surface area contributed by atoms with Crippen molar-refractivity contribution in [2.75, 3.05) is 37.4 Å². The van der Waals surface area contributed by atoms with Crippen LogP contribution in [0, 0.1) is 5.82 Å². The second-order valence-electron chi connectivity index (χ2n) is 7.79. The van der Waals surface area contributed by atoms with E-state index in [1.165, 1.54) is 6.07 Å². The molecule has 154 valence electrons. The first-order chi connectivity index (χ1) is 14.5. The van der Waals surface area contributed by atoms with Gasteiger partial charge in [0, 0.05) is 59.6 Å². The lowest BCUT2D eigenvalue weighted by Gasteiger charge is -2.22. The van der Waals surface area contributed by atoms with Gasteiger partial charge in [-0.15, -0.1) is 0 Å². The average molecular weight is 404 g/mol. The van der Waals surface area contributed by atoms with Gasteiger partial charge in [-0.3, -0.25) is 9.78 Å². The van der Waals surface area contributed by atoms with Crippen LogP contribution in [-0.2, 0) is 0 Å². The third-order valence-electron chi connectivity index (χ3n) is 5.59. The minimum absolute atomic E-state index is 0.276.